The van der Waals surface area contributed by atoms with Crippen molar-refractivity contribution in [2.24, 2.45) is 0 Å². The maximum atomic E-state index is 10.4. The van der Waals surface area contributed by atoms with Crippen molar-refractivity contribution in [2.45, 2.75) is 13.3 Å². The molecule has 0 bridgehead atoms. The summed E-state index contributed by atoms with van der Waals surface area (Å²) in [4.78, 5) is 12.5. The van der Waals surface area contributed by atoms with Crippen LogP contribution in [0.25, 0.3) is 0 Å². The van der Waals surface area contributed by atoms with Gasteiger partial charge >= 0.3 is 0 Å². The molecule has 0 fully saturated rings. The van der Waals surface area contributed by atoms with E-state index >= 15 is 0 Å². The Labute approximate surface area is 84.0 Å². The average molecular weight is 193 g/mol. The van der Waals surface area contributed by atoms with Crippen molar-refractivity contribution in [3.63, 3.8) is 0 Å². The van der Waals surface area contributed by atoms with Crippen LogP contribution in [0.15, 0.2) is 29.2 Å². The minimum absolute atomic E-state index is 0.366. The van der Waals surface area contributed by atoms with Gasteiger partial charge in [-0.15, -0.1) is 6.58 Å². The van der Waals surface area contributed by atoms with Crippen molar-refractivity contribution in [1.82, 2.24) is 0 Å². The van der Waals surface area contributed by atoms with Crippen LogP contribution in [0.5, 0.6) is 0 Å². The van der Waals surface area contributed by atoms with Crippen molar-refractivity contribution in [3.8, 4) is 0 Å². The second-order valence-corrected chi connectivity index (χ2v) is 3.03. The van der Waals surface area contributed by atoms with E-state index in [1.54, 1.807) is 6.07 Å². The highest BCUT2D eigenvalue weighted by atomic mass is 16.4. The lowest BCUT2D eigenvalue weighted by atomic mass is 10.4. The summed E-state index contributed by atoms with van der Waals surface area (Å²) in [6.45, 7) is 7.42. The maximum Gasteiger partial charge on any atom is 0.196 e. The van der Waals surface area contributed by atoms with E-state index in [9.17, 15) is 4.79 Å². The summed E-state index contributed by atoms with van der Waals surface area (Å²) in [7, 11) is 0. The fourth-order valence-corrected chi connectivity index (χ4v) is 1.29. The Kier molecular flexibility index (Phi) is 3.98. The van der Waals surface area contributed by atoms with Crippen LogP contribution in [0.4, 0.5) is 5.88 Å². The first kappa shape index (κ1) is 10.6. The van der Waals surface area contributed by atoms with E-state index in [0.717, 1.165) is 25.4 Å². The molecule has 0 atom stereocenters. The van der Waals surface area contributed by atoms with Crippen molar-refractivity contribution < 1.29 is 9.21 Å². The van der Waals surface area contributed by atoms with Crippen LogP contribution in [0.3, 0.4) is 0 Å². The molecule has 0 spiro atoms. The van der Waals surface area contributed by atoms with E-state index in [-0.39, 0.29) is 0 Å². The summed E-state index contributed by atoms with van der Waals surface area (Å²) in [5.41, 5.74) is 0. The molecule has 0 radical (unpaired) electrons. The van der Waals surface area contributed by atoms with Gasteiger partial charge in [0.2, 0.25) is 0 Å². The standard InChI is InChI=1S/C11H15NO2/c1-3-7-12(8-4-2)11-6-5-10(9-13)14-11/h3,5-6,9H,1,4,7-8H2,2H3. The summed E-state index contributed by atoms with van der Waals surface area (Å²) in [5, 5.41) is 0. The lowest BCUT2D eigenvalue weighted by molar-refractivity contribution is 0.110. The fourth-order valence-electron chi connectivity index (χ4n) is 1.29. The predicted molar refractivity (Wildman–Crippen MR) is 56.8 cm³/mol. The summed E-state index contributed by atoms with van der Waals surface area (Å²) in [5.74, 6) is 1.10. The van der Waals surface area contributed by atoms with E-state index < -0.39 is 0 Å². The van der Waals surface area contributed by atoms with E-state index in [4.69, 9.17) is 4.42 Å². The van der Waals surface area contributed by atoms with Gasteiger partial charge in [-0.25, -0.2) is 0 Å². The Morgan fingerprint density at radius 1 is 1.57 bits per heavy atom. The molecule has 76 valence electrons. The summed E-state index contributed by atoms with van der Waals surface area (Å²) >= 11 is 0. The zero-order chi connectivity index (χ0) is 10.4. The Bertz CT molecular complexity index is 304. The lowest BCUT2D eigenvalue weighted by Gasteiger charge is -2.18. The molecule has 0 aliphatic heterocycles. The Morgan fingerprint density at radius 3 is 2.86 bits per heavy atom. The van der Waals surface area contributed by atoms with Crippen molar-refractivity contribution in [1.29, 1.82) is 0 Å². The fraction of sp³-hybridized carbons (Fsp3) is 0.364. The maximum absolute atomic E-state index is 10.4. The largest absolute Gasteiger partial charge is 0.438 e. The zero-order valence-electron chi connectivity index (χ0n) is 8.40. The third kappa shape index (κ3) is 2.49. The van der Waals surface area contributed by atoms with E-state index in [1.807, 2.05) is 17.0 Å². The summed E-state index contributed by atoms with van der Waals surface area (Å²) < 4.78 is 5.31. The van der Waals surface area contributed by atoms with Crippen LogP contribution in [-0.2, 0) is 0 Å². The smallest absolute Gasteiger partial charge is 0.196 e. The molecule has 0 saturated heterocycles. The first-order valence-corrected chi connectivity index (χ1v) is 4.72. The monoisotopic (exact) mass is 193 g/mol. The van der Waals surface area contributed by atoms with E-state index in [2.05, 4.69) is 13.5 Å². The van der Waals surface area contributed by atoms with Crippen LogP contribution >= 0.6 is 0 Å². The second kappa shape index (κ2) is 5.27. The topological polar surface area (TPSA) is 33.5 Å². The average Bonchev–Trinajstić information content (AvgIpc) is 2.65. The van der Waals surface area contributed by atoms with Crippen LogP contribution in [0.2, 0.25) is 0 Å². The molecular weight excluding hydrogens is 178 g/mol. The van der Waals surface area contributed by atoms with Crippen LogP contribution in [0, 0.1) is 0 Å². The Balaban J connectivity index is 2.75. The second-order valence-electron chi connectivity index (χ2n) is 3.03. The van der Waals surface area contributed by atoms with Gasteiger partial charge in [-0.2, -0.15) is 0 Å². The van der Waals surface area contributed by atoms with Gasteiger partial charge in [-0.1, -0.05) is 13.0 Å². The molecule has 3 nitrogen and oxygen atoms in total. The highest BCUT2D eigenvalue weighted by Crippen LogP contribution is 2.17. The third-order valence-corrected chi connectivity index (χ3v) is 1.88. The molecule has 0 saturated carbocycles. The number of carbonyl (C=O) groups is 1. The number of carbonyl (C=O) groups excluding carboxylic acids is 1. The number of anilines is 1. The molecule has 0 amide bonds. The van der Waals surface area contributed by atoms with Gasteiger partial charge in [0.1, 0.15) is 0 Å². The van der Waals surface area contributed by atoms with Gasteiger partial charge in [0.15, 0.2) is 17.9 Å². The molecule has 1 heterocycles. The highest BCUT2D eigenvalue weighted by Gasteiger charge is 2.07. The predicted octanol–water partition coefficient (Wildman–Crippen LogP) is 2.49. The van der Waals surface area contributed by atoms with E-state index in [0.29, 0.717) is 12.0 Å². The minimum Gasteiger partial charge on any atom is -0.438 e. The number of rotatable bonds is 6. The molecule has 1 rings (SSSR count). The number of nitrogens with zero attached hydrogens (tertiary/aromatic N) is 1. The Hall–Kier alpha value is -1.51. The molecule has 0 unspecified atom stereocenters. The lowest BCUT2D eigenvalue weighted by Crippen LogP contribution is -2.23. The number of furan rings is 1. The Morgan fingerprint density at radius 2 is 2.36 bits per heavy atom. The molecule has 14 heavy (non-hydrogen) atoms. The quantitative estimate of drug-likeness (QED) is 0.514. The van der Waals surface area contributed by atoms with Crippen molar-refractivity contribution in [3.05, 3.63) is 30.5 Å². The van der Waals surface area contributed by atoms with Crippen molar-refractivity contribution >= 4 is 12.2 Å². The van der Waals surface area contributed by atoms with Crippen LogP contribution < -0.4 is 4.90 Å². The summed E-state index contributed by atoms with van der Waals surface area (Å²) in [6.07, 6.45) is 3.56. The molecular formula is C11H15NO2. The summed E-state index contributed by atoms with van der Waals surface area (Å²) in [6, 6.07) is 3.48. The molecule has 1 aromatic heterocycles. The molecule has 1 aromatic rings. The molecule has 0 N–H and O–H groups in total. The van der Waals surface area contributed by atoms with Crippen molar-refractivity contribution in [2.75, 3.05) is 18.0 Å². The molecule has 0 aliphatic carbocycles. The number of hydrogen-bond donors (Lipinski definition) is 0. The molecule has 3 heteroatoms. The first-order valence-electron chi connectivity index (χ1n) is 4.72. The van der Waals surface area contributed by atoms with E-state index in [1.165, 1.54) is 0 Å². The van der Waals surface area contributed by atoms with Crippen LogP contribution in [-0.4, -0.2) is 19.4 Å². The number of aldehydes is 1. The van der Waals surface area contributed by atoms with Gasteiger partial charge in [0.05, 0.1) is 0 Å². The van der Waals surface area contributed by atoms with Gasteiger partial charge in [0.25, 0.3) is 0 Å². The van der Waals surface area contributed by atoms with Gasteiger partial charge in [0, 0.05) is 19.2 Å². The third-order valence-electron chi connectivity index (χ3n) is 1.88. The van der Waals surface area contributed by atoms with Gasteiger partial charge in [-0.05, 0) is 12.5 Å². The highest BCUT2D eigenvalue weighted by molar-refractivity contribution is 5.71. The normalized spacial score (nSPS) is 9.79. The number of hydrogen-bond acceptors (Lipinski definition) is 3. The first-order chi connectivity index (χ1) is 6.81. The molecule has 0 aromatic carbocycles. The van der Waals surface area contributed by atoms with Gasteiger partial charge in [-0.3, -0.25) is 4.79 Å². The minimum atomic E-state index is 0.366. The zero-order valence-corrected chi connectivity index (χ0v) is 8.40. The van der Waals surface area contributed by atoms with Crippen LogP contribution in [0.1, 0.15) is 23.9 Å². The SMILES string of the molecule is C=CCN(CCC)c1ccc(C=O)o1. The van der Waals surface area contributed by atoms with Gasteiger partial charge < -0.3 is 9.32 Å². The molecule has 0 aliphatic rings.